The van der Waals surface area contributed by atoms with Crippen LogP contribution in [0, 0.1) is 0 Å². The predicted octanol–water partition coefficient (Wildman–Crippen LogP) is 1.16. The van der Waals surface area contributed by atoms with Gasteiger partial charge in [-0.05, 0) is 35.7 Å². The molecule has 132 valence electrons. The van der Waals surface area contributed by atoms with Crippen LogP contribution < -0.4 is 11.5 Å². The Kier molecular flexibility index (Phi) is 3.61. The highest BCUT2D eigenvalue weighted by Crippen LogP contribution is 2.24. The van der Waals surface area contributed by atoms with E-state index >= 15 is 0 Å². The van der Waals surface area contributed by atoms with Crippen LogP contribution in [0.3, 0.4) is 0 Å². The number of rotatable bonds is 1. The highest BCUT2D eigenvalue weighted by molar-refractivity contribution is 6.02. The first-order valence-corrected chi connectivity index (χ1v) is 8.13. The average molecular weight is 352 g/mol. The number of fused-ring (bicyclic) bond motifs is 2. The zero-order valence-electron chi connectivity index (χ0n) is 14.1. The van der Waals surface area contributed by atoms with Crippen molar-refractivity contribution in [2.45, 2.75) is 19.9 Å². The molecule has 0 spiro atoms. The number of amides is 1. The summed E-state index contributed by atoms with van der Waals surface area (Å²) in [6.07, 6.45) is 3.61. The quantitative estimate of drug-likeness (QED) is 0.658. The Morgan fingerprint density at radius 3 is 2.85 bits per heavy atom. The molecule has 8 nitrogen and oxygen atoms in total. The molecule has 0 saturated carbocycles. The van der Waals surface area contributed by atoms with Gasteiger partial charge in [0.2, 0.25) is 5.91 Å². The van der Waals surface area contributed by atoms with Gasteiger partial charge in [0.25, 0.3) is 5.91 Å². The lowest BCUT2D eigenvalue weighted by atomic mass is 9.96. The van der Waals surface area contributed by atoms with E-state index in [0.29, 0.717) is 36.3 Å². The van der Waals surface area contributed by atoms with E-state index in [1.54, 1.807) is 23.2 Å². The fourth-order valence-electron chi connectivity index (χ4n) is 3.29. The number of aromatic nitrogens is 2. The highest BCUT2D eigenvalue weighted by Gasteiger charge is 2.26. The molecule has 1 aliphatic rings. The predicted molar refractivity (Wildman–Crippen MR) is 93.6 cm³/mol. The molecular formula is C18H16N4O4. The van der Waals surface area contributed by atoms with Gasteiger partial charge in [-0.2, -0.15) is 0 Å². The molecular weight excluding hydrogens is 336 g/mol. The van der Waals surface area contributed by atoms with Crippen molar-refractivity contribution in [3.8, 4) is 0 Å². The van der Waals surface area contributed by atoms with Gasteiger partial charge in [0.05, 0.1) is 5.56 Å². The van der Waals surface area contributed by atoms with E-state index in [1.807, 2.05) is 0 Å². The van der Waals surface area contributed by atoms with E-state index in [-0.39, 0.29) is 11.5 Å². The van der Waals surface area contributed by atoms with Gasteiger partial charge < -0.3 is 15.1 Å². The molecule has 3 aromatic rings. The molecule has 0 saturated heterocycles. The molecule has 0 aliphatic carbocycles. The lowest BCUT2D eigenvalue weighted by molar-refractivity contribution is -0.129. The molecule has 26 heavy (non-hydrogen) atoms. The minimum absolute atomic E-state index is 0.0279. The second-order valence-electron chi connectivity index (χ2n) is 6.25. The lowest BCUT2D eigenvalue weighted by Crippen LogP contribution is -2.35. The van der Waals surface area contributed by atoms with Crippen LogP contribution in [0.5, 0.6) is 0 Å². The number of anilines is 1. The Bertz CT molecular complexity index is 1110. The molecule has 0 bridgehead atoms. The Labute approximate surface area is 147 Å². The number of pyridine rings is 1. The Morgan fingerprint density at radius 1 is 1.27 bits per heavy atom. The first-order chi connectivity index (χ1) is 12.5. The minimum Gasteiger partial charge on any atom is -0.407 e. The van der Waals surface area contributed by atoms with Crippen molar-refractivity contribution < 1.29 is 14.0 Å². The minimum atomic E-state index is -0.769. The van der Waals surface area contributed by atoms with Gasteiger partial charge in [-0.3, -0.25) is 14.6 Å². The molecule has 3 heterocycles. The summed E-state index contributed by atoms with van der Waals surface area (Å²) in [5.74, 6) is -1.31. The van der Waals surface area contributed by atoms with Crippen LogP contribution in [0.25, 0.3) is 11.1 Å². The van der Waals surface area contributed by atoms with Crippen molar-refractivity contribution in [1.29, 1.82) is 0 Å². The van der Waals surface area contributed by atoms with Gasteiger partial charge in [-0.1, -0.05) is 0 Å². The molecule has 4 rings (SSSR count). The van der Waals surface area contributed by atoms with Gasteiger partial charge in [0, 0.05) is 38.1 Å². The molecule has 0 radical (unpaired) electrons. The summed E-state index contributed by atoms with van der Waals surface area (Å²) in [4.78, 5) is 42.7. The number of nitrogens with two attached hydrogens (primary N) is 1. The third kappa shape index (κ3) is 2.46. The highest BCUT2D eigenvalue weighted by atomic mass is 16.4. The summed E-state index contributed by atoms with van der Waals surface area (Å²) < 4.78 is 6.12. The average Bonchev–Trinajstić information content (AvgIpc) is 2.95. The molecule has 2 N–H and O–H groups in total. The van der Waals surface area contributed by atoms with E-state index in [4.69, 9.17) is 10.2 Å². The molecule has 0 fully saturated rings. The lowest BCUT2D eigenvalue weighted by Gasteiger charge is -2.28. The van der Waals surface area contributed by atoms with Crippen molar-refractivity contribution in [2.75, 3.05) is 12.3 Å². The monoisotopic (exact) mass is 352 g/mol. The Morgan fingerprint density at radius 2 is 2.08 bits per heavy atom. The maximum absolute atomic E-state index is 13.1. The van der Waals surface area contributed by atoms with Gasteiger partial charge >= 0.3 is 5.76 Å². The number of hydrogen-bond acceptors (Lipinski definition) is 6. The molecule has 0 atom stereocenters. The van der Waals surface area contributed by atoms with E-state index in [9.17, 15) is 14.4 Å². The van der Waals surface area contributed by atoms with Crippen LogP contribution in [0.2, 0.25) is 0 Å². The summed E-state index contributed by atoms with van der Waals surface area (Å²) in [7, 11) is 0. The first kappa shape index (κ1) is 16.1. The van der Waals surface area contributed by atoms with Crippen molar-refractivity contribution in [2.24, 2.45) is 0 Å². The summed E-state index contributed by atoms with van der Waals surface area (Å²) >= 11 is 0. The van der Waals surface area contributed by atoms with E-state index in [1.165, 1.54) is 19.2 Å². The normalized spacial score (nSPS) is 13.7. The molecule has 1 aromatic carbocycles. The van der Waals surface area contributed by atoms with Crippen LogP contribution >= 0.6 is 0 Å². The second kappa shape index (κ2) is 5.83. The number of nitrogen functional groups attached to an aromatic ring is 1. The summed E-state index contributed by atoms with van der Waals surface area (Å²) in [5, 5.41) is 0. The van der Waals surface area contributed by atoms with Crippen molar-refractivity contribution in [3.63, 3.8) is 0 Å². The van der Waals surface area contributed by atoms with Gasteiger partial charge in [-0.15, -0.1) is 0 Å². The van der Waals surface area contributed by atoms with E-state index in [2.05, 4.69) is 4.98 Å². The van der Waals surface area contributed by atoms with Crippen LogP contribution in [0.4, 0.5) is 5.69 Å². The Hall–Kier alpha value is -3.42. The molecule has 1 amide bonds. The number of carbonyl (C=O) groups excluding carboxylic acids is 2. The van der Waals surface area contributed by atoms with E-state index < -0.39 is 11.7 Å². The number of hydrogen-bond donors (Lipinski definition) is 1. The van der Waals surface area contributed by atoms with Crippen molar-refractivity contribution in [1.82, 2.24) is 14.5 Å². The number of benzene rings is 1. The first-order valence-electron chi connectivity index (χ1n) is 8.13. The van der Waals surface area contributed by atoms with Crippen LogP contribution in [-0.2, 0) is 17.8 Å². The molecule has 1 aliphatic heterocycles. The van der Waals surface area contributed by atoms with Crippen LogP contribution in [0.1, 0.15) is 28.4 Å². The Balaban J connectivity index is 1.83. The maximum Gasteiger partial charge on any atom is 0.427 e. The zero-order valence-corrected chi connectivity index (χ0v) is 14.1. The number of carbonyl (C=O) groups is 2. The topological polar surface area (TPSA) is 111 Å². The molecule has 8 heteroatoms. The smallest absolute Gasteiger partial charge is 0.407 e. The third-order valence-electron chi connectivity index (χ3n) is 4.62. The third-order valence-corrected chi connectivity index (χ3v) is 4.62. The van der Waals surface area contributed by atoms with Crippen LogP contribution in [0.15, 0.2) is 39.8 Å². The van der Waals surface area contributed by atoms with Crippen molar-refractivity contribution in [3.05, 3.63) is 57.8 Å². The van der Waals surface area contributed by atoms with Crippen molar-refractivity contribution >= 4 is 28.6 Å². The number of nitrogens with zero attached hydrogens (tertiary/aromatic N) is 3. The van der Waals surface area contributed by atoms with Crippen LogP contribution in [-0.4, -0.2) is 32.8 Å². The van der Waals surface area contributed by atoms with E-state index in [0.717, 1.165) is 15.7 Å². The molecule has 0 unspecified atom stereocenters. The summed E-state index contributed by atoms with van der Waals surface area (Å²) in [5.41, 5.74) is 8.74. The largest absolute Gasteiger partial charge is 0.427 e. The fraction of sp³-hybridized carbons (Fsp3) is 0.222. The number of oxazole rings is 1. The maximum atomic E-state index is 13.1. The van der Waals surface area contributed by atoms with Gasteiger partial charge in [0.15, 0.2) is 5.58 Å². The summed E-state index contributed by atoms with van der Waals surface area (Å²) in [6.45, 7) is 2.42. The standard InChI is InChI=1S/C18H16N4O4/c1-10(23)21-5-4-13-11(9-21)7-20-8-14(13)17(24)22-15-6-12(19)2-3-16(15)26-18(22)25/h2-3,6-8H,4-5,9,19H2,1H3. The molecule has 2 aromatic heterocycles. The van der Waals surface area contributed by atoms with Gasteiger partial charge in [0.1, 0.15) is 5.52 Å². The second-order valence-corrected chi connectivity index (χ2v) is 6.25. The summed E-state index contributed by atoms with van der Waals surface area (Å²) in [6, 6.07) is 4.68. The fourth-order valence-corrected chi connectivity index (χ4v) is 3.29. The SMILES string of the molecule is CC(=O)N1CCc2c(cncc2C(=O)n2c(=O)oc3ccc(N)cc32)C1. The zero-order chi connectivity index (χ0) is 18.4. The van der Waals surface area contributed by atoms with Gasteiger partial charge in [-0.25, -0.2) is 9.36 Å².